The molecule has 2 nitrogen and oxygen atoms in total. The van der Waals surface area contributed by atoms with E-state index in [9.17, 15) is 0 Å². The standard InChI is InChI=1S/C16H14N2S/c1-11-2-4-12(5-3-11)6-7-13-8-9-14-15(10-13)19-16(17)18-14/h2-10H,1H3,(H2,17,18)/b7-6+. The Morgan fingerprint density at radius 3 is 2.47 bits per heavy atom. The fourth-order valence-electron chi connectivity index (χ4n) is 1.93. The van der Waals surface area contributed by atoms with Gasteiger partial charge >= 0.3 is 0 Å². The average molecular weight is 266 g/mol. The summed E-state index contributed by atoms with van der Waals surface area (Å²) >= 11 is 1.52. The second kappa shape index (κ2) is 4.86. The van der Waals surface area contributed by atoms with Crippen molar-refractivity contribution in [2.75, 3.05) is 5.73 Å². The molecule has 2 aromatic carbocycles. The number of fused-ring (bicyclic) bond motifs is 1. The maximum Gasteiger partial charge on any atom is 0.181 e. The zero-order chi connectivity index (χ0) is 13.2. The molecular weight excluding hydrogens is 252 g/mol. The molecule has 0 atom stereocenters. The number of benzene rings is 2. The van der Waals surface area contributed by atoms with E-state index in [1.54, 1.807) is 0 Å². The number of rotatable bonds is 2. The third-order valence-corrected chi connectivity index (χ3v) is 3.82. The Bertz CT molecular complexity index is 739. The number of aromatic nitrogens is 1. The van der Waals surface area contributed by atoms with Gasteiger partial charge in [0, 0.05) is 0 Å². The number of anilines is 1. The second-order valence-electron chi connectivity index (χ2n) is 4.52. The van der Waals surface area contributed by atoms with Crippen molar-refractivity contribution in [2.24, 2.45) is 0 Å². The molecule has 0 bridgehead atoms. The Labute approximate surface area is 116 Å². The summed E-state index contributed by atoms with van der Waals surface area (Å²) in [5.74, 6) is 0. The number of thiazole rings is 1. The largest absolute Gasteiger partial charge is 0.375 e. The maximum atomic E-state index is 5.71. The molecule has 0 radical (unpaired) electrons. The molecule has 1 aromatic heterocycles. The molecule has 3 rings (SSSR count). The molecule has 94 valence electrons. The zero-order valence-corrected chi connectivity index (χ0v) is 11.4. The van der Waals surface area contributed by atoms with Crippen LogP contribution in [0.15, 0.2) is 42.5 Å². The number of nitrogen functional groups attached to an aromatic ring is 1. The molecule has 0 unspecified atom stereocenters. The van der Waals surface area contributed by atoms with Crippen LogP contribution < -0.4 is 5.73 Å². The van der Waals surface area contributed by atoms with E-state index in [0.717, 1.165) is 15.8 Å². The summed E-state index contributed by atoms with van der Waals surface area (Å²) in [7, 11) is 0. The van der Waals surface area contributed by atoms with Gasteiger partial charge in [-0.05, 0) is 30.2 Å². The first kappa shape index (κ1) is 11.9. The fraction of sp³-hybridized carbons (Fsp3) is 0.0625. The first-order valence-corrected chi connectivity index (χ1v) is 6.93. The molecule has 0 saturated carbocycles. The van der Waals surface area contributed by atoms with E-state index in [0.29, 0.717) is 5.13 Å². The van der Waals surface area contributed by atoms with Crippen LogP contribution >= 0.6 is 11.3 Å². The summed E-state index contributed by atoms with van der Waals surface area (Å²) in [6.07, 6.45) is 4.23. The molecule has 3 aromatic rings. The van der Waals surface area contributed by atoms with Crippen molar-refractivity contribution in [1.29, 1.82) is 0 Å². The lowest BCUT2D eigenvalue weighted by Gasteiger charge is -1.96. The van der Waals surface area contributed by atoms with E-state index >= 15 is 0 Å². The van der Waals surface area contributed by atoms with E-state index in [1.165, 1.54) is 22.5 Å². The Morgan fingerprint density at radius 1 is 1.00 bits per heavy atom. The lowest BCUT2D eigenvalue weighted by Crippen LogP contribution is -1.79. The fourth-order valence-corrected chi connectivity index (χ4v) is 2.72. The number of hydrogen-bond acceptors (Lipinski definition) is 3. The molecule has 0 spiro atoms. The van der Waals surface area contributed by atoms with Gasteiger partial charge < -0.3 is 5.73 Å². The summed E-state index contributed by atoms with van der Waals surface area (Å²) < 4.78 is 1.13. The zero-order valence-electron chi connectivity index (χ0n) is 10.6. The molecule has 0 aliphatic heterocycles. The summed E-state index contributed by atoms with van der Waals surface area (Å²) in [4.78, 5) is 4.25. The van der Waals surface area contributed by atoms with Crippen molar-refractivity contribution in [3.05, 3.63) is 59.2 Å². The van der Waals surface area contributed by atoms with Crippen LogP contribution in [-0.4, -0.2) is 4.98 Å². The molecule has 0 fully saturated rings. The van der Waals surface area contributed by atoms with Crippen molar-refractivity contribution >= 4 is 38.8 Å². The van der Waals surface area contributed by atoms with E-state index in [4.69, 9.17) is 5.73 Å². The molecule has 19 heavy (non-hydrogen) atoms. The van der Waals surface area contributed by atoms with Crippen LogP contribution in [0.25, 0.3) is 22.4 Å². The molecular formula is C16H14N2S. The predicted molar refractivity (Wildman–Crippen MR) is 84.1 cm³/mol. The average Bonchev–Trinajstić information content (AvgIpc) is 2.77. The van der Waals surface area contributed by atoms with Crippen LogP contribution in [0.1, 0.15) is 16.7 Å². The third kappa shape index (κ3) is 2.66. The summed E-state index contributed by atoms with van der Waals surface area (Å²) in [5, 5.41) is 0.620. The Balaban J connectivity index is 1.89. The molecule has 0 aliphatic rings. The van der Waals surface area contributed by atoms with E-state index in [1.807, 2.05) is 6.07 Å². The van der Waals surface area contributed by atoms with Crippen LogP contribution in [0, 0.1) is 6.92 Å². The number of nitrogens with two attached hydrogens (primary N) is 1. The van der Waals surface area contributed by atoms with Gasteiger partial charge in [-0.15, -0.1) is 0 Å². The van der Waals surface area contributed by atoms with Crippen molar-refractivity contribution in [3.63, 3.8) is 0 Å². The molecule has 0 aliphatic carbocycles. The highest BCUT2D eigenvalue weighted by Crippen LogP contribution is 2.25. The second-order valence-corrected chi connectivity index (χ2v) is 5.59. The topological polar surface area (TPSA) is 38.9 Å². The monoisotopic (exact) mass is 266 g/mol. The number of aryl methyl sites for hydroxylation is 1. The van der Waals surface area contributed by atoms with Gasteiger partial charge in [0.1, 0.15) is 0 Å². The Hall–Kier alpha value is -2.13. The minimum atomic E-state index is 0.620. The lowest BCUT2D eigenvalue weighted by molar-refractivity contribution is 1.46. The van der Waals surface area contributed by atoms with Gasteiger partial charge in [0.05, 0.1) is 10.2 Å². The molecule has 0 amide bonds. The maximum absolute atomic E-state index is 5.71. The minimum Gasteiger partial charge on any atom is -0.375 e. The van der Waals surface area contributed by atoms with Crippen molar-refractivity contribution < 1.29 is 0 Å². The Kier molecular flexibility index (Phi) is 3.05. The quantitative estimate of drug-likeness (QED) is 0.700. The van der Waals surface area contributed by atoms with Gasteiger partial charge in [0.25, 0.3) is 0 Å². The summed E-state index contributed by atoms with van der Waals surface area (Å²) in [6, 6.07) is 14.7. The van der Waals surface area contributed by atoms with Crippen LogP contribution in [0.3, 0.4) is 0 Å². The van der Waals surface area contributed by atoms with Crippen molar-refractivity contribution in [1.82, 2.24) is 4.98 Å². The molecule has 3 heteroatoms. The van der Waals surface area contributed by atoms with Crippen molar-refractivity contribution in [3.8, 4) is 0 Å². The first-order chi connectivity index (χ1) is 9.20. The highest BCUT2D eigenvalue weighted by molar-refractivity contribution is 7.22. The molecule has 1 heterocycles. The smallest absolute Gasteiger partial charge is 0.181 e. The normalized spacial score (nSPS) is 11.4. The highest BCUT2D eigenvalue weighted by atomic mass is 32.1. The summed E-state index contributed by atoms with van der Waals surface area (Å²) in [5.41, 5.74) is 10.3. The van der Waals surface area contributed by atoms with Crippen LogP contribution in [-0.2, 0) is 0 Å². The number of nitrogens with zero attached hydrogens (tertiary/aromatic N) is 1. The van der Waals surface area contributed by atoms with Crippen LogP contribution in [0.2, 0.25) is 0 Å². The van der Waals surface area contributed by atoms with Crippen LogP contribution in [0.4, 0.5) is 5.13 Å². The third-order valence-electron chi connectivity index (χ3n) is 2.97. The van der Waals surface area contributed by atoms with Gasteiger partial charge in [0.15, 0.2) is 5.13 Å². The Morgan fingerprint density at radius 2 is 1.68 bits per heavy atom. The molecule has 0 saturated heterocycles. The van der Waals surface area contributed by atoms with Gasteiger partial charge in [-0.1, -0.05) is 59.4 Å². The van der Waals surface area contributed by atoms with Gasteiger partial charge in [-0.3, -0.25) is 0 Å². The van der Waals surface area contributed by atoms with E-state index < -0.39 is 0 Å². The lowest BCUT2D eigenvalue weighted by atomic mass is 10.1. The van der Waals surface area contributed by atoms with E-state index in [2.05, 4.69) is 60.5 Å². The van der Waals surface area contributed by atoms with E-state index in [-0.39, 0.29) is 0 Å². The highest BCUT2D eigenvalue weighted by Gasteiger charge is 2.00. The van der Waals surface area contributed by atoms with Gasteiger partial charge in [0.2, 0.25) is 0 Å². The minimum absolute atomic E-state index is 0.620. The predicted octanol–water partition coefficient (Wildman–Crippen LogP) is 4.36. The van der Waals surface area contributed by atoms with Crippen molar-refractivity contribution in [2.45, 2.75) is 6.92 Å². The number of hydrogen-bond donors (Lipinski definition) is 1. The molecule has 2 N–H and O–H groups in total. The SMILES string of the molecule is Cc1ccc(/C=C/c2ccc3nc(N)sc3c2)cc1. The first-order valence-electron chi connectivity index (χ1n) is 6.11. The van der Waals surface area contributed by atoms with Gasteiger partial charge in [-0.25, -0.2) is 4.98 Å². The van der Waals surface area contributed by atoms with Gasteiger partial charge in [-0.2, -0.15) is 0 Å². The van der Waals surface area contributed by atoms with Crippen LogP contribution in [0.5, 0.6) is 0 Å². The summed E-state index contributed by atoms with van der Waals surface area (Å²) in [6.45, 7) is 2.09.